The maximum absolute atomic E-state index is 7.41. The van der Waals surface area contributed by atoms with Crippen molar-refractivity contribution >= 4 is 5.84 Å². The fourth-order valence-electron chi connectivity index (χ4n) is 1.98. The SMILES string of the molecule is CCC(CC(=N)N)N(CC)Cc1ccccn1. The molecule has 1 aromatic heterocycles. The van der Waals surface area contributed by atoms with Crippen molar-refractivity contribution in [3.05, 3.63) is 30.1 Å². The fourth-order valence-corrected chi connectivity index (χ4v) is 1.98. The van der Waals surface area contributed by atoms with E-state index >= 15 is 0 Å². The molecule has 1 aromatic rings. The third-order valence-corrected chi connectivity index (χ3v) is 2.94. The molecule has 0 aliphatic heterocycles. The van der Waals surface area contributed by atoms with Crippen LogP contribution in [-0.4, -0.2) is 28.3 Å². The van der Waals surface area contributed by atoms with Gasteiger partial charge in [-0.2, -0.15) is 0 Å². The molecule has 0 aromatic carbocycles. The smallest absolute Gasteiger partial charge is 0.0921 e. The van der Waals surface area contributed by atoms with Gasteiger partial charge in [-0.05, 0) is 25.1 Å². The van der Waals surface area contributed by atoms with Gasteiger partial charge in [0.25, 0.3) is 0 Å². The van der Waals surface area contributed by atoms with E-state index in [9.17, 15) is 0 Å². The molecule has 0 radical (unpaired) electrons. The minimum absolute atomic E-state index is 0.260. The predicted molar refractivity (Wildman–Crippen MR) is 70.9 cm³/mol. The Morgan fingerprint density at radius 2 is 2.24 bits per heavy atom. The molecule has 0 bridgehead atoms. The summed E-state index contributed by atoms with van der Waals surface area (Å²) in [5.74, 6) is 0.260. The van der Waals surface area contributed by atoms with E-state index in [2.05, 4.69) is 23.7 Å². The Morgan fingerprint density at radius 3 is 2.71 bits per heavy atom. The summed E-state index contributed by atoms with van der Waals surface area (Å²) in [5.41, 5.74) is 6.56. The van der Waals surface area contributed by atoms with Crippen LogP contribution >= 0.6 is 0 Å². The maximum Gasteiger partial charge on any atom is 0.0921 e. The summed E-state index contributed by atoms with van der Waals surface area (Å²) in [6, 6.07) is 6.29. The molecule has 4 nitrogen and oxygen atoms in total. The molecule has 0 aliphatic carbocycles. The van der Waals surface area contributed by atoms with Crippen molar-refractivity contribution in [3.63, 3.8) is 0 Å². The van der Waals surface area contributed by atoms with Crippen molar-refractivity contribution in [3.8, 4) is 0 Å². The van der Waals surface area contributed by atoms with E-state index in [0.29, 0.717) is 12.5 Å². The molecule has 0 saturated carbocycles. The number of hydrogen-bond donors (Lipinski definition) is 2. The van der Waals surface area contributed by atoms with Crippen LogP contribution in [0.2, 0.25) is 0 Å². The van der Waals surface area contributed by atoms with E-state index in [4.69, 9.17) is 11.1 Å². The Bertz CT molecular complexity index is 337. The Labute approximate surface area is 103 Å². The van der Waals surface area contributed by atoms with E-state index in [1.807, 2.05) is 24.4 Å². The van der Waals surface area contributed by atoms with Gasteiger partial charge < -0.3 is 5.73 Å². The van der Waals surface area contributed by atoms with E-state index < -0.39 is 0 Å². The Hall–Kier alpha value is -1.42. The van der Waals surface area contributed by atoms with Gasteiger partial charge in [0.2, 0.25) is 0 Å². The molecular weight excluding hydrogens is 212 g/mol. The summed E-state index contributed by atoms with van der Waals surface area (Å²) < 4.78 is 0. The number of nitrogens with zero attached hydrogens (tertiary/aromatic N) is 2. The van der Waals surface area contributed by atoms with E-state index in [-0.39, 0.29) is 5.84 Å². The van der Waals surface area contributed by atoms with Crippen LogP contribution in [0.25, 0.3) is 0 Å². The summed E-state index contributed by atoms with van der Waals surface area (Å²) in [7, 11) is 0. The van der Waals surface area contributed by atoms with Crippen molar-refractivity contribution in [1.82, 2.24) is 9.88 Å². The standard InChI is InChI=1S/C13H22N4/c1-3-12(9-13(14)15)17(4-2)10-11-7-5-6-8-16-11/h5-8,12H,3-4,9-10H2,1-2H3,(H3,14,15). The minimum Gasteiger partial charge on any atom is -0.388 e. The number of amidine groups is 1. The average molecular weight is 234 g/mol. The molecule has 1 rings (SSSR count). The first-order valence-electron chi connectivity index (χ1n) is 6.14. The largest absolute Gasteiger partial charge is 0.388 e. The molecule has 1 atom stereocenters. The van der Waals surface area contributed by atoms with E-state index in [1.54, 1.807) is 0 Å². The number of rotatable bonds is 7. The highest BCUT2D eigenvalue weighted by atomic mass is 15.2. The second kappa shape index (κ2) is 7.01. The molecule has 0 saturated heterocycles. The van der Waals surface area contributed by atoms with Crippen LogP contribution in [-0.2, 0) is 6.54 Å². The molecule has 0 spiro atoms. The van der Waals surface area contributed by atoms with Gasteiger partial charge in [-0.25, -0.2) is 0 Å². The highest BCUT2D eigenvalue weighted by Gasteiger charge is 2.16. The summed E-state index contributed by atoms with van der Waals surface area (Å²) >= 11 is 0. The number of hydrogen-bond acceptors (Lipinski definition) is 3. The highest BCUT2D eigenvalue weighted by Crippen LogP contribution is 2.12. The number of aromatic nitrogens is 1. The zero-order valence-electron chi connectivity index (χ0n) is 10.7. The Kier molecular flexibility index (Phi) is 5.63. The Morgan fingerprint density at radius 1 is 1.47 bits per heavy atom. The quantitative estimate of drug-likeness (QED) is 0.560. The van der Waals surface area contributed by atoms with Crippen molar-refractivity contribution in [2.45, 2.75) is 39.3 Å². The third-order valence-electron chi connectivity index (χ3n) is 2.94. The lowest BCUT2D eigenvalue weighted by Gasteiger charge is -2.29. The topological polar surface area (TPSA) is 66.0 Å². The number of nitrogens with two attached hydrogens (primary N) is 1. The molecule has 1 unspecified atom stereocenters. The molecule has 0 fully saturated rings. The molecule has 3 N–H and O–H groups in total. The first-order chi connectivity index (χ1) is 8.17. The van der Waals surface area contributed by atoms with Gasteiger partial charge in [0.15, 0.2) is 0 Å². The van der Waals surface area contributed by atoms with Crippen LogP contribution < -0.4 is 5.73 Å². The van der Waals surface area contributed by atoms with E-state index in [0.717, 1.165) is 25.2 Å². The fraction of sp³-hybridized carbons (Fsp3) is 0.538. The monoisotopic (exact) mass is 234 g/mol. The van der Waals surface area contributed by atoms with Gasteiger partial charge >= 0.3 is 0 Å². The molecule has 0 amide bonds. The first-order valence-corrected chi connectivity index (χ1v) is 6.14. The highest BCUT2D eigenvalue weighted by molar-refractivity contribution is 5.77. The summed E-state index contributed by atoms with van der Waals surface area (Å²) in [6.45, 7) is 6.03. The lowest BCUT2D eigenvalue weighted by molar-refractivity contribution is 0.194. The minimum atomic E-state index is 0.260. The van der Waals surface area contributed by atoms with Crippen LogP contribution in [0.3, 0.4) is 0 Å². The van der Waals surface area contributed by atoms with Gasteiger partial charge in [-0.3, -0.25) is 15.3 Å². The first kappa shape index (κ1) is 13.6. The molecule has 17 heavy (non-hydrogen) atoms. The predicted octanol–water partition coefficient (Wildman–Crippen LogP) is 2.01. The second-order valence-corrected chi connectivity index (χ2v) is 4.18. The summed E-state index contributed by atoms with van der Waals surface area (Å²) in [4.78, 5) is 6.66. The average Bonchev–Trinajstić information content (AvgIpc) is 2.34. The lowest BCUT2D eigenvalue weighted by atomic mass is 10.1. The van der Waals surface area contributed by atoms with Crippen LogP contribution in [0.15, 0.2) is 24.4 Å². The van der Waals surface area contributed by atoms with Crippen molar-refractivity contribution in [2.75, 3.05) is 6.54 Å². The van der Waals surface area contributed by atoms with Crippen LogP contribution in [0.5, 0.6) is 0 Å². The third kappa shape index (κ3) is 4.53. The van der Waals surface area contributed by atoms with Gasteiger partial charge in [-0.1, -0.05) is 19.9 Å². The van der Waals surface area contributed by atoms with Crippen LogP contribution in [0.4, 0.5) is 0 Å². The van der Waals surface area contributed by atoms with E-state index in [1.165, 1.54) is 0 Å². The zero-order chi connectivity index (χ0) is 12.7. The molecule has 0 aliphatic rings. The molecular formula is C13H22N4. The van der Waals surface area contributed by atoms with Gasteiger partial charge in [0.1, 0.15) is 0 Å². The Balaban J connectivity index is 2.66. The lowest BCUT2D eigenvalue weighted by Crippen LogP contribution is -2.37. The second-order valence-electron chi connectivity index (χ2n) is 4.18. The molecule has 94 valence electrons. The molecule has 1 heterocycles. The number of pyridine rings is 1. The maximum atomic E-state index is 7.41. The normalized spacial score (nSPS) is 12.6. The van der Waals surface area contributed by atoms with Crippen molar-refractivity contribution in [1.29, 1.82) is 5.41 Å². The molecule has 4 heteroatoms. The van der Waals surface area contributed by atoms with Gasteiger partial charge in [0, 0.05) is 25.2 Å². The van der Waals surface area contributed by atoms with Crippen molar-refractivity contribution in [2.24, 2.45) is 5.73 Å². The zero-order valence-corrected chi connectivity index (χ0v) is 10.7. The van der Waals surface area contributed by atoms with Gasteiger partial charge in [-0.15, -0.1) is 0 Å². The number of nitrogens with one attached hydrogen (secondary N) is 1. The summed E-state index contributed by atoms with van der Waals surface area (Å²) in [6.07, 6.45) is 3.45. The van der Waals surface area contributed by atoms with Crippen molar-refractivity contribution < 1.29 is 0 Å². The van der Waals surface area contributed by atoms with Crippen LogP contribution in [0, 0.1) is 5.41 Å². The van der Waals surface area contributed by atoms with Gasteiger partial charge in [0.05, 0.1) is 11.5 Å². The van der Waals surface area contributed by atoms with Crippen LogP contribution in [0.1, 0.15) is 32.4 Å². The summed E-state index contributed by atoms with van der Waals surface area (Å²) in [5, 5.41) is 7.41.